The van der Waals surface area contributed by atoms with Crippen molar-refractivity contribution in [3.8, 4) is 0 Å². The fourth-order valence-electron chi connectivity index (χ4n) is 2.18. The molecule has 0 aromatic heterocycles. The number of hydrogen-bond acceptors (Lipinski definition) is 4. The first-order valence-electron chi connectivity index (χ1n) is 5.95. The summed E-state index contributed by atoms with van der Waals surface area (Å²) in [4.78, 5) is 12.9. The maximum atomic E-state index is 11.0. The summed E-state index contributed by atoms with van der Waals surface area (Å²) in [6, 6.07) is 5.25. The number of nitro groups is 1. The van der Waals surface area contributed by atoms with Crippen molar-refractivity contribution in [2.45, 2.75) is 19.5 Å². The summed E-state index contributed by atoms with van der Waals surface area (Å²) in [5, 5.41) is 14.7. The van der Waals surface area contributed by atoms with E-state index in [1.165, 1.54) is 6.07 Å². The molecule has 7 heteroatoms. The first-order valence-corrected chi connectivity index (χ1v) is 6.33. The molecule has 0 unspecified atom stereocenters. The largest absolute Gasteiger partial charge is 0.314 e. The highest BCUT2D eigenvalue weighted by molar-refractivity contribution is 6.30. The molecule has 0 bridgehead atoms. The highest BCUT2D eigenvalue weighted by Crippen LogP contribution is 2.25. The van der Waals surface area contributed by atoms with Gasteiger partial charge in [0.2, 0.25) is 0 Å². The zero-order valence-corrected chi connectivity index (χ0v) is 12.2. The van der Waals surface area contributed by atoms with Gasteiger partial charge in [-0.25, -0.2) is 0 Å². The van der Waals surface area contributed by atoms with Crippen LogP contribution < -0.4 is 5.32 Å². The molecule has 0 amide bonds. The Kier molecular flexibility index (Phi) is 6.00. The summed E-state index contributed by atoms with van der Waals surface area (Å²) >= 11 is 5.80. The Hall–Kier alpha value is -0.880. The predicted octanol–water partition coefficient (Wildman–Crippen LogP) is 2.46. The molecule has 0 radical (unpaired) electrons. The molecule has 5 nitrogen and oxygen atoms in total. The van der Waals surface area contributed by atoms with Gasteiger partial charge in [-0.2, -0.15) is 0 Å². The minimum Gasteiger partial charge on any atom is -0.314 e. The molecule has 19 heavy (non-hydrogen) atoms. The van der Waals surface area contributed by atoms with Gasteiger partial charge in [-0.3, -0.25) is 15.0 Å². The third-order valence-electron chi connectivity index (χ3n) is 3.26. The van der Waals surface area contributed by atoms with Gasteiger partial charge in [-0.15, -0.1) is 12.4 Å². The smallest absolute Gasteiger partial charge is 0.275 e. The van der Waals surface area contributed by atoms with Crippen LogP contribution in [0.25, 0.3) is 0 Å². The van der Waals surface area contributed by atoms with Crippen LogP contribution in [0.15, 0.2) is 18.2 Å². The van der Waals surface area contributed by atoms with Gasteiger partial charge in [0.1, 0.15) is 0 Å². The van der Waals surface area contributed by atoms with E-state index in [0.29, 0.717) is 17.6 Å². The SMILES string of the molecule is C[C@@H]1CNCCN1Cc1ccc(Cl)cc1[N+](=O)[O-].Cl. The molecule has 1 aliphatic heterocycles. The Morgan fingerprint density at radius 1 is 1.58 bits per heavy atom. The molecule has 0 spiro atoms. The molecule has 1 atom stereocenters. The molecule has 1 fully saturated rings. The van der Waals surface area contributed by atoms with Crippen molar-refractivity contribution in [1.29, 1.82) is 0 Å². The molecular weight excluding hydrogens is 289 g/mol. The molecule has 2 rings (SSSR count). The number of hydrogen-bond donors (Lipinski definition) is 1. The topological polar surface area (TPSA) is 58.4 Å². The average molecular weight is 306 g/mol. The molecule has 0 aliphatic carbocycles. The summed E-state index contributed by atoms with van der Waals surface area (Å²) in [6.07, 6.45) is 0. The third kappa shape index (κ3) is 4.04. The van der Waals surface area contributed by atoms with Crippen LogP contribution in [0.2, 0.25) is 5.02 Å². The van der Waals surface area contributed by atoms with E-state index in [1.54, 1.807) is 12.1 Å². The van der Waals surface area contributed by atoms with E-state index >= 15 is 0 Å². The van der Waals surface area contributed by atoms with E-state index in [1.807, 2.05) is 0 Å². The molecule has 1 aromatic carbocycles. The lowest BCUT2D eigenvalue weighted by molar-refractivity contribution is -0.385. The normalized spacial score (nSPS) is 19.8. The van der Waals surface area contributed by atoms with Crippen LogP contribution in [-0.2, 0) is 6.54 Å². The Morgan fingerprint density at radius 3 is 2.95 bits per heavy atom. The van der Waals surface area contributed by atoms with Gasteiger partial charge in [0.05, 0.1) is 4.92 Å². The van der Waals surface area contributed by atoms with Crippen LogP contribution in [0.5, 0.6) is 0 Å². The average Bonchev–Trinajstić information content (AvgIpc) is 2.34. The molecule has 106 valence electrons. The standard InChI is InChI=1S/C12H16ClN3O2.ClH/c1-9-7-14-4-5-15(9)8-10-2-3-11(13)6-12(10)16(17)18;/h2-3,6,9,14H,4-5,7-8H2,1H3;1H/t9-;/m1./s1. The second-order valence-electron chi connectivity index (χ2n) is 4.55. The van der Waals surface area contributed by atoms with E-state index in [2.05, 4.69) is 17.1 Å². The van der Waals surface area contributed by atoms with Crippen LogP contribution in [0.3, 0.4) is 0 Å². The molecule has 1 aliphatic rings. The molecular formula is C12H17Cl2N3O2. The van der Waals surface area contributed by atoms with Crippen LogP contribution >= 0.6 is 24.0 Å². The molecule has 1 saturated heterocycles. The van der Waals surface area contributed by atoms with E-state index < -0.39 is 0 Å². The highest BCUT2D eigenvalue weighted by atomic mass is 35.5. The number of piperazine rings is 1. The van der Waals surface area contributed by atoms with Crippen molar-refractivity contribution >= 4 is 29.7 Å². The molecule has 0 saturated carbocycles. The van der Waals surface area contributed by atoms with Crippen molar-refractivity contribution in [3.63, 3.8) is 0 Å². The van der Waals surface area contributed by atoms with Crippen LogP contribution in [0.1, 0.15) is 12.5 Å². The fraction of sp³-hybridized carbons (Fsp3) is 0.500. The predicted molar refractivity (Wildman–Crippen MR) is 78.1 cm³/mol. The first kappa shape index (κ1) is 16.2. The molecule has 1 heterocycles. The maximum absolute atomic E-state index is 11.0. The van der Waals surface area contributed by atoms with E-state index in [-0.39, 0.29) is 23.0 Å². The van der Waals surface area contributed by atoms with Gasteiger partial charge in [0, 0.05) is 48.9 Å². The van der Waals surface area contributed by atoms with Crippen LogP contribution in [0.4, 0.5) is 5.69 Å². The van der Waals surface area contributed by atoms with Crippen molar-refractivity contribution in [2.24, 2.45) is 0 Å². The van der Waals surface area contributed by atoms with Crippen molar-refractivity contribution in [2.75, 3.05) is 19.6 Å². The lowest BCUT2D eigenvalue weighted by Crippen LogP contribution is -2.49. The lowest BCUT2D eigenvalue weighted by atomic mass is 10.1. The van der Waals surface area contributed by atoms with Crippen LogP contribution in [-0.4, -0.2) is 35.5 Å². The summed E-state index contributed by atoms with van der Waals surface area (Å²) in [5.41, 5.74) is 0.825. The minimum atomic E-state index is -0.367. The van der Waals surface area contributed by atoms with E-state index in [9.17, 15) is 10.1 Å². The summed E-state index contributed by atoms with van der Waals surface area (Å²) in [6.45, 7) is 5.46. The lowest BCUT2D eigenvalue weighted by Gasteiger charge is -2.33. The summed E-state index contributed by atoms with van der Waals surface area (Å²) in [7, 11) is 0. The first-order chi connectivity index (χ1) is 8.58. The zero-order valence-electron chi connectivity index (χ0n) is 10.6. The highest BCUT2D eigenvalue weighted by Gasteiger charge is 2.22. The van der Waals surface area contributed by atoms with Gasteiger partial charge < -0.3 is 5.32 Å². The summed E-state index contributed by atoms with van der Waals surface area (Å²) in [5.74, 6) is 0. The van der Waals surface area contributed by atoms with Gasteiger partial charge in [-0.05, 0) is 19.1 Å². The quantitative estimate of drug-likeness (QED) is 0.688. The van der Waals surface area contributed by atoms with E-state index in [0.717, 1.165) is 25.2 Å². The van der Waals surface area contributed by atoms with E-state index in [4.69, 9.17) is 11.6 Å². The second-order valence-corrected chi connectivity index (χ2v) is 4.99. The van der Waals surface area contributed by atoms with Gasteiger partial charge >= 0.3 is 0 Å². The Balaban J connectivity index is 0.00000180. The van der Waals surface area contributed by atoms with Crippen molar-refractivity contribution in [3.05, 3.63) is 38.9 Å². The maximum Gasteiger partial charge on any atom is 0.275 e. The monoisotopic (exact) mass is 305 g/mol. The Morgan fingerprint density at radius 2 is 2.32 bits per heavy atom. The second kappa shape index (κ2) is 7.05. The minimum absolute atomic E-state index is 0. The Bertz CT molecular complexity index is 457. The fourth-order valence-corrected chi connectivity index (χ4v) is 2.34. The number of nitrogens with zero attached hydrogens (tertiary/aromatic N) is 2. The van der Waals surface area contributed by atoms with Crippen molar-refractivity contribution in [1.82, 2.24) is 10.2 Å². The van der Waals surface area contributed by atoms with Crippen LogP contribution in [0, 0.1) is 10.1 Å². The van der Waals surface area contributed by atoms with Gasteiger partial charge in [-0.1, -0.05) is 11.6 Å². The number of benzene rings is 1. The number of nitro benzene ring substituents is 1. The van der Waals surface area contributed by atoms with Crippen molar-refractivity contribution < 1.29 is 4.92 Å². The Labute approximate surface area is 123 Å². The molecule has 1 N–H and O–H groups in total. The van der Waals surface area contributed by atoms with Gasteiger partial charge in [0.25, 0.3) is 5.69 Å². The number of nitrogens with one attached hydrogen (secondary N) is 1. The third-order valence-corrected chi connectivity index (χ3v) is 3.49. The zero-order chi connectivity index (χ0) is 13.1. The number of halogens is 2. The van der Waals surface area contributed by atoms with Gasteiger partial charge in [0.15, 0.2) is 0 Å². The number of rotatable bonds is 3. The molecule has 1 aromatic rings. The summed E-state index contributed by atoms with van der Waals surface area (Å²) < 4.78 is 0.